The summed E-state index contributed by atoms with van der Waals surface area (Å²) < 4.78 is 0. The van der Waals surface area contributed by atoms with Crippen molar-refractivity contribution in [3.05, 3.63) is 24.0 Å². The molecule has 1 unspecified atom stereocenters. The van der Waals surface area contributed by atoms with Crippen molar-refractivity contribution in [1.29, 1.82) is 0 Å². The van der Waals surface area contributed by atoms with Gasteiger partial charge in [-0.05, 0) is 18.1 Å². The molecule has 0 aliphatic carbocycles. The van der Waals surface area contributed by atoms with Crippen molar-refractivity contribution in [2.75, 3.05) is 0 Å². The van der Waals surface area contributed by atoms with E-state index in [1.54, 1.807) is 0 Å². The van der Waals surface area contributed by atoms with E-state index < -0.39 is 0 Å². The van der Waals surface area contributed by atoms with Gasteiger partial charge in [0.25, 0.3) is 0 Å². The molecule has 1 atom stereocenters. The topological polar surface area (TPSA) is 41.6 Å². The van der Waals surface area contributed by atoms with Crippen LogP contribution >= 0.6 is 0 Å². The van der Waals surface area contributed by atoms with Crippen molar-refractivity contribution in [3.8, 4) is 0 Å². The summed E-state index contributed by atoms with van der Waals surface area (Å²) >= 11 is 0. The van der Waals surface area contributed by atoms with E-state index >= 15 is 0 Å². The first-order valence-electron chi connectivity index (χ1n) is 4.99. The van der Waals surface area contributed by atoms with Crippen LogP contribution in [-0.4, -0.2) is 15.2 Å². The summed E-state index contributed by atoms with van der Waals surface area (Å²) in [6.07, 6.45) is 1.81. The number of rotatable bonds is 2. The van der Waals surface area contributed by atoms with Gasteiger partial charge in [-0.3, -0.25) is 10.1 Å². The number of fused-ring (bicyclic) bond motifs is 1. The molecule has 0 saturated heterocycles. The predicted molar refractivity (Wildman–Crippen MR) is 57.1 cm³/mol. The molecule has 2 aromatic rings. The minimum absolute atomic E-state index is 0.467. The molecule has 2 rings (SSSR count). The van der Waals surface area contributed by atoms with Gasteiger partial charge < -0.3 is 0 Å². The lowest BCUT2D eigenvalue weighted by molar-refractivity contribution is 0.525. The van der Waals surface area contributed by atoms with Gasteiger partial charge in [-0.25, -0.2) is 0 Å². The molecule has 3 heteroatoms. The van der Waals surface area contributed by atoms with Crippen LogP contribution in [0.25, 0.3) is 11.0 Å². The van der Waals surface area contributed by atoms with E-state index in [1.165, 1.54) is 0 Å². The molecular weight excluding hydrogens is 174 g/mol. The fraction of sp³-hybridized carbons (Fsp3) is 0.455. The van der Waals surface area contributed by atoms with Gasteiger partial charge in [-0.15, -0.1) is 0 Å². The zero-order valence-electron chi connectivity index (χ0n) is 8.78. The second-order valence-corrected chi connectivity index (χ2v) is 4.04. The molecule has 1 N–H and O–H groups in total. The average molecular weight is 189 g/mol. The Labute approximate surface area is 83.6 Å². The summed E-state index contributed by atoms with van der Waals surface area (Å²) in [6, 6.07) is 3.89. The summed E-state index contributed by atoms with van der Waals surface area (Å²) in [5.74, 6) is 1.07. The van der Waals surface area contributed by atoms with Crippen LogP contribution in [0.5, 0.6) is 0 Å². The SMILES string of the molecule is CC(C)C(C)c1[nH]nc2cccnc12. The normalized spacial score (nSPS) is 13.7. The van der Waals surface area contributed by atoms with Crippen LogP contribution in [0.4, 0.5) is 0 Å². The molecule has 2 aromatic heterocycles. The van der Waals surface area contributed by atoms with Crippen LogP contribution in [0.15, 0.2) is 18.3 Å². The fourth-order valence-corrected chi connectivity index (χ4v) is 1.52. The number of H-pyrrole nitrogens is 1. The van der Waals surface area contributed by atoms with Gasteiger partial charge in [-0.1, -0.05) is 20.8 Å². The molecule has 0 bridgehead atoms. The van der Waals surface area contributed by atoms with Gasteiger partial charge in [0.1, 0.15) is 11.0 Å². The lowest BCUT2D eigenvalue weighted by Gasteiger charge is -2.12. The molecule has 0 aromatic carbocycles. The quantitative estimate of drug-likeness (QED) is 0.789. The first-order chi connectivity index (χ1) is 6.70. The highest BCUT2D eigenvalue weighted by molar-refractivity contribution is 5.76. The van der Waals surface area contributed by atoms with Crippen LogP contribution < -0.4 is 0 Å². The van der Waals surface area contributed by atoms with Gasteiger partial charge in [0.2, 0.25) is 0 Å². The smallest absolute Gasteiger partial charge is 0.111 e. The minimum atomic E-state index is 0.467. The summed E-state index contributed by atoms with van der Waals surface area (Å²) in [5.41, 5.74) is 3.11. The molecule has 74 valence electrons. The lowest BCUT2D eigenvalue weighted by atomic mass is 9.94. The monoisotopic (exact) mass is 189 g/mol. The maximum absolute atomic E-state index is 4.35. The molecule has 0 saturated carbocycles. The van der Waals surface area contributed by atoms with Crippen molar-refractivity contribution >= 4 is 11.0 Å². The van der Waals surface area contributed by atoms with E-state index in [2.05, 4.69) is 36.0 Å². The Morgan fingerprint density at radius 1 is 1.29 bits per heavy atom. The van der Waals surface area contributed by atoms with E-state index in [9.17, 15) is 0 Å². The van der Waals surface area contributed by atoms with Gasteiger partial charge in [0.15, 0.2) is 0 Å². The highest BCUT2D eigenvalue weighted by Crippen LogP contribution is 2.26. The Morgan fingerprint density at radius 2 is 2.07 bits per heavy atom. The van der Waals surface area contributed by atoms with Crippen molar-refractivity contribution in [1.82, 2.24) is 15.2 Å². The molecule has 0 aliphatic rings. The fourth-order valence-electron chi connectivity index (χ4n) is 1.52. The largest absolute Gasteiger partial charge is 0.279 e. The first kappa shape index (κ1) is 9.19. The van der Waals surface area contributed by atoms with Crippen molar-refractivity contribution in [3.63, 3.8) is 0 Å². The highest BCUT2D eigenvalue weighted by atomic mass is 15.1. The summed E-state index contributed by atoms with van der Waals surface area (Å²) in [5, 5.41) is 7.32. The number of pyridine rings is 1. The molecule has 14 heavy (non-hydrogen) atoms. The van der Waals surface area contributed by atoms with Crippen molar-refractivity contribution < 1.29 is 0 Å². The van der Waals surface area contributed by atoms with E-state index in [-0.39, 0.29) is 0 Å². The zero-order valence-corrected chi connectivity index (χ0v) is 8.78. The highest BCUT2D eigenvalue weighted by Gasteiger charge is 2.15. The second kappa shape index (κ2) is 3.40. The minimum Gasteiger partial charge on any atom is -0.279 e. The maximum atomic E-state index is 4.35. The number of hydrogen-bond donors (Lipinski definition) is 1. The summed E-state index contributed by atoms with van der Waals surface area (Å²) in [4.78, 5) is 4.35. The van der Waals surface area contributed by atoms with E-state index in [1.807, 2.05) is 18.3 Å². The van der Waals surface area contributed by atoms with Crippen LogP contribution in [0.2, 0.25) is 0 Å². The average Bonchev–Trinajstić information content (AvgIpc) is 2.60. The summed E-state index contributed by atoms with van der Waals surface area (Å²) in [6.45, 7) is 6.62. The van der Waals surface area contributed by atoms with Gasteiger partial charge in [-0.2, -0.15) is 5.10 Å². The Kier molecular flexibility index (Phi) is 2.23. The van der Waals surface area contributed by atoms with Crippen LogP contribution in [0.1, 0.15) is 32.4 Å². The first-order valence-corrected chi connectivity index (χ1v) is 4.99. The van der Waals surface area contributed by atoms with Gasteiger partial charge >= 0.3 is 0 Å². The van der Waals surface area contributed by atoms with E-state index in [0.717, 1.165) is 16.7 Å². The number of aromatic nitrogens is 3. The molecule has 0 amide bonds. The molecule has 2 heterocycles. The maximum Gasteiger partial charge on any atom is 0.111 e. The van der Waals surface area contributed by atoms with E-state index in [4.69, 9.17) is 0 Å². The third-order valence-corrected chi connectivity index (χ3v) is 2.79. The molecular formula is C11H15N3. The third kappa shape index (κ3) is 1.39. The molecule has 0 radical (unpaired) electrons. The molecule has 0 spiro atoms. The number of nitrogens with one attached hydrogen (secondary N) is 1. The zero-order chi connectivity index (χ0) is 10.1. The lowest BCUT2D eigenvalue weighted by Crippen LogP contribution is -2.03. The second-order valence-electron chi connectivity index (χ2n) is 4.04. The Balaban J connectivity index is 2.53. The van der Waals surface area contributed by atoms with Crippen molar-refractivity contribution in [2.45, 2.75) is 26.7 Å². The van der Waals surface area contributed by atoms with Crippen molar-refractivity contribution in [2.24, 2.45) is 5.92 Å². The number of hydrogen-bond acceptors (Lipinski definition) is 2. The third-order valence-electron chi connectivity index (χ3n) is 2.79. The van der Waals surface area contributed by atoms with Crippen LogP contribution in [0.3, 0.4) is 0 Å². The molecule has 3 nitrogen and oxygen atoms in total. The Bertz CT molecular complexity index is 431. The van der Waals surface area contributed by atoms with Crippen LogP contribution in [0, 0.1) is 5.92 Å². The molecule has 0 aliphatic heterocycles. The van der Waals surface area contributed by atoms with Gasteiger partial charge in [0, 0.05) is 12.1 Å². The van der Waals surface area contributed by atoms with E-state index in [0.29, 0.717) is 11.8 Å². The Hall–Kier alpha value is -1.38. The number of aromatic amines is 1. The molecule has 0 fully saturated rings. The summed E-state index contributed by atoms with van der Waals surface area (Å²) in [7, 11) is 0. The van der Waals surface area contributed by atoms with Gasteiger partial charge in [0.05, 0.1) is 5.69 Å². The number of nitrogens with zero attached hydrogens (tertiary/aromatic N) is 2. The van der Waals surface area contributed by atoms with Crippen LogP contribution in [-0.2, 0) is 0 Å². The Morgan fingerprint density at radius 3 is 2.79 bits per heavy atom. The standard InChI is InChI=1S/C11H15N3/c1-7(2)8(3)10-11-9(13-14-10)5-4-6-12-11/h4-8H,1-3H3,(H,13,14). The predicted octanol–water partition coefficient (Wildman–Crippen LogP) is 2.72.